The highest BCUT2D eigenvalue weighted by Crippen LogP contribution is 2.41. The Bertz CT molecular complexity index is 1200. The molecule has 3 heteroatoms. The van der Waals surface area contributed by atoms with E-state index in [1.807, 2.05) is 12.1 Å². The van der Waals surface area contributed by atoms with E-state index in [1.165, 1.54) is 22.3 Å². The van der Waals surface area contributed by atoms with Crippen molar-refractivity contribution in [2.75, 3.05) is 13.1 Å². The summed E-state index contributed by atoms with van der Waals surface area (Å²) < 4.78 is 0. The summed E-state index contributed by atoms with van der Waals surface area (Å²) in [5.74, 6) is 0.354. The molecule has 1 amide bonds. The van der Waals surface area contributed by atoms with Crippen LogP contribution in [0.1, 0.15) is 47.1 Å². The van der Waals surface area contributed by atoms with E-state index in [4.69, 9.17) is 0 Å². The van der Waals surface area contributed by atoms with Crippen molar-refractivity contribution >= 4 is 5.91 Å². The zero-order chi connectivity index (χ0) is 24.3. The summed E-state index contributed by atoms with van der Waals surface area (Å²) in [7, 11) is 0. The SMILES string of the molecule is O=C(CC(c1ccccc1)c1ccccc1)N1C[C@H]2C[C@H]1CN2C(c1ccccc1)c1ccccc1. The van der Waals surface area contributed by atoms with E-state index in [2.05, 4.69) is 119 Å². The van der Waals surface area contributed by atoms with Gasteiger partial charge in [0.25, 0.3) is 0 Å². The van der Waals surface area contributed by atoms with Gasteiger partial charge in [-0.05, 0) is 28.7 Å². The normalized spacial score (nSPS) is 19.3. The maximum Gasteiger partial charge on any atom is 0.223 e. The van der Waals surface area contributed by atoms with Crippen LogP contribution in [-0.2, 0) is 4.79 Å². The van der Waals surface area contributed by atoms with E-state index in [9.17, 15) is 4.79 Å². The largest absolute Gasteiger partial charge is 0.337 e. The topological polar surface area (TPSA) is 23.6 Å². The van der Waals surface area contributed by atoms with Crippen LogP contribution in [0.4, 0.5) is 0 Å². The van der Waals surface area contributed by atoms with Crippen molar-refractivity contribution in [2.24, 2.45) is 0 Å². The van der Waals surface area contributed by atoms with E-state index in [-0.39, 0.29) is 23.9 Å². The van der Waals surface area contributed by atoms with Crippen molar-refractivity contribution in [3.8, 4) is 0 Å². The number of fused-ring (bicyclic) bond motifs is 2. The fraction of sp³-hybridized carbons (Fsp3) is 0.242. The third-order valence-corrected chi connectivity index (χ3v) is 7.95. The van der Waals surface area contributed by atoms with Gasteiger partial charge in [0.05, 0.1) is 6.04 Å². The lowest BCUT2D eigenvalue weighted by molar-refractivity contribution is -0.134. The average molecular weight is 473 g/mol. The van der Waals surface area contributed by atoms with Gasteiger partial charge in [-0.3, -0.25) is 9.69 Å². The summed E-state index contributed by atoms with van der Waals surface area (Å²) in [6.07, 6.45) is 1.57. The Balaban J connectivity index is 1.21. The Hall–Kier alpha value is -3.69. The van der Waals surface area contributed by atoms with Crippen molar-refractivity contribution in [2.45, 2.75) is 36.9 Å². The molecule has 2 saturated heterocycles. The second-order valence-electron chi connectivity index (χ2n) is 10.1. The standard InChI is InChI=1S/C33H32N2O/c36-32(22-31(25-13-5-1-6-14-25)26-15-7-2-8-16-26)34-23-30-21-29(34)24-35(30)33(27-17-9-3-10-18-27)28-19-11-4-12-20-28/h1-20,29-31,33H,21-24H2/t29-,30+/m0/s1. The Labute approximate surface area is 214 Å². The van der Waals surface area contributed by atoms with Gasteiger partial charge < -0.3 is 4.90 Å². The number of benzene rings is 4. The number of hydrogen-bond acceptors (Lipinski definition) is 2. The highest BCUT2D eigenvalue weighted by Gasteiger charge is 2.48. The van der Waals surface area contributed by atoms with Gasteiger partial charge >= 0.3 is 0 Å². The first kappa shape index (κ1) is 22.8. The molecule has 0 saturated carbocycles. The summed E-state index contributed by atoms with van der Waals surface area (Å²) in [6.45, 7) is 1.74. The van der Waals surface area contributed by atoms with E-state index in [1.54, 1.807) is 0 Å². The molecule has 2 heterocycles. The molecule has 0 aliphatic carbocycles. The smallest absolute Gasteiger partial charge is 0.223 e. The number of likely N-dealkylation sites (tertiary alicyclic amines) is 2. The summed E-state index contributed by atoms with van der Waals surface area (Å²) in [4.78, 5) is 18.5. The number of rotatable bonds is 7. The maximum absolute atomic E-state index is 13.7. The number of amides is 1. The maximum atomic E-state index is 13.7. The lowest BCUT2D eigenvalue weighted by Gasteiger charge is -2.40. The molecular weight excluding hydrogens is 440 g/mol. The second kappa shape index (κ2) is 10.1. The van der Waals surface area contributed by atoms with Crippen molar-refractivity contribution in [3.05, 3.63) is 144 Å². The molecule has 2 aliphatic heterocycles. The molecule has 2 aliphatic rings. The van der Waals surface area contributed by atoms with Crippen LogP contribution in [0.2, 0.25) is 0 Å². The molecule has 4 aromatic carbocycles. The average Bonchev–Trinajstić information content (AvgIpc) is 3.55. The van der Waals surface area contributed by atoms with Crippen LogP contribution in [0, 0.1) is 0 Å². The van der Waals surface area contributed by atoms with Crippen molar-refractivity contribution in [1.29, 1.82) is 0 Å². The second-order valence-corrected chi connectivity index (χ2v) is 10.1. The van der Waals surface area contributed by atoms with Crippen LogP contribution in [-0.4, -0.2) is 40.9 Å². The minimum atomic E-state index is 0.0801. The Morgan fingerprint density at radius 2 is 1.06 bits per heavy atom. The first-order valence-electron chi connectivity index (χ1n) is 13.0. The fourth-order valence-corrected chi connectivity index (χ4v) is 6.26. The number of hydrogen-bond donors (Lipinski definition) is 0. The van der Waals surface area contributed by atoms with Gasteiger partial charge in [0.2, 0.25) is 5.91 Å². The molecule has 2 bridgehead atoms. The number of carbonyl (C=O) groups is 1. The van der Waals surface area contributed by atoms with Crippen molar-refractivity contribution < 1.29 is 4.79 Å². The van der Waals surface area contributed by atoms with Crippen LogP contribution in [0.15, 0.2) is 121 Å². The first-order chi connectivity index (χ1) is 17.8. The molecule has 3 nitrogen and oxygen atoms in total. The lowest BCUT2D eigenvalue weighted by Crippen LogP contribution is -2.50. The molecule has 0 radical (unpaired) electrons. The number of nitrogens with zero attached hydrogens (tertiary/aromatic N) is 2. The molecule has 2 atom stereocenters. The quantitative estimate of drug-likeness (QED) is 0.316. The summed E-state index contributed by atoms with van der Waals surface area (Å²) in [5, 5.41) is 0. The van der Waals surface area contributed by atoms with E-state index in [0.717, 1.165) is 19.5 Å². The van der Waals surface area contributed by atoms with Crippen LogP contribution in [0.3, 0.4) is 0 Å². The van der Waals surface area contributed by atoms with Gasteiger partial charge in [-0.25, -0.2) is 0 Å². The molecule has 180 valence electrons. The highest BCUT2D eigenvalue weighted by atomic mass is 16.2. The molecule has 36 heavy (non-hydrogen) atoms. The van der Waals surface area contributed by atoms with E-state index < -0.39 is 0 Å². The molecular formula is C33H32N2O. The van der Waals surface area contributed by atoms with Crippen LogP contribution < -0.4 is 0 Å². The lowest BCUT2D eigenvalue weighted by atomic mass is 9.88. The Morgan fingerprint density at radius 3 is 1.47 bits per heavy atom. The van der Waals surface area contributed by atoms with Gasteiger partial charge in [0.15, 0.2) is 0 Å². The van der Waals surface area contributed by atoms with E-state index in [0.29, 0.717) is 12.5 Å². The third kappa shape index (κ3) is 4.47. The highest BCUT2D eigenvalue weighted by molar-refractivity contribution is 5.79. The van der Waals surface area contributed by atoms with Crippen molar-refractivity contribution in [1.82, 2.24) is 9.80 Å². The number of piperazine rings is 1. The predicted octanol–water partition coefficient (Wildman–Crippen LogP) is 6.28. The minimum absolute atomic E-state index is 0.0801. The molecule has 2 fully saturated rings. The van der Waals surface area contributed by atoms with Gasteiger partial charge in [0, 0.05) is 37.5 Å². The van der Waals surface area contributed by atoms with Crippen LogP contribution >= 0.6 is 0 Å². The predicted molar refractivity (Wildman–Crippen MR) is 145 cm³/mol. The first-order valence-corrected chi connectivity index (χ1v) is 13.0. The monoisotopic (exact) mass is 472 g/mol. The summed E-state index contributed by atoms with van der Waals surface area (Å²) in [5.41, 5.74) is 5.05. The third-order valence-electron chi connectivity index (χ3n) is 7.95. The molecule has 0 unspecified atom stereocenters. The fourth-order valence-electron chi connectivity index (χ4n) is 6.26. The molecule has 0 aromatic heterocycles. The van der Waals surface area contributed by atoms with E-state index >= 15 is 0 Å². The van der Waals surface area contributed by atoms with Gasteiger partial charge in [-0.1, -0.05) is 121 Å². The molecule has 4 aromatic rings. The molecule has 0 spiro atoms. The van der Waals surface area contributed by atoms with Crippen LogP contribution in [0.5, 0.6) is 0 Å². The van der Waals surface area contributed by atoms with Gasteiger partial charge in [-0.2, -0.15) is 0 Å². The summed E-state index contributed by atoms with van der Waals surface area (Å²) in [6, 6.07) is 43.4. The zero-order valence-electron chi connectivity index (χ0n) is 20.5. The number of carbonyl (C=O) groups excluding carboxylic acids is 1. The molecule has 6 rings (SSSR count). The summed E-state index contributed by atoms with van der Waals surface area (Å²) >= 11 is 0. The Kier molecular flexibility index (Phi) is 6.40. The van der Waals surface area contributed by atoms with Crippen molar-refractivity contribution in [3.63, 3.8) is 0 Å². The zero-order valence-corrected chi connectivity index (χ0v) is 20.5. The Morgan fingerprint density at radius 1 is 0.611 bits per heavy atom. The molecule has 0 N–H and O–H groups in total. The van der Waals surface area contributed by atoms with Gasteiger partial charge in [-0.15, -0.1) is 0 Å². The van der Waals surface area contributed by atoms with Crippen LogP contribution in [0.25, 0.3) is 0 Å². The van der Waals surface area contributed by atoms with Gasteiger partial charge in [0.1, 0.15) is 0 Å². The minimum Gasteiger partial charge on any atom is -0.337 e.